The van der Waals surface area contributed by atoms with Crippen LogP contribution in [0.4, 0.5) is 22.0 Å². The Morgan fingerprint density at radius 3 is 2.42 bits per heavy atom. The molecule has 0 saturated carbocycles. The molecule has 19 heavy (non-hydrogen) atoms. The fourth-order valence-electron chi connectivity index (χ4n) is 1.18. The van der Waals surface area contributed by atoms with Gasteiger partial charge in [0.1, 0.15) is 0 Å². The van der Waals surface area contributed by atoms with Crippen LogP contribution in [-0.4, -0.2) is 22.4 Å². The van der Waals surface area contributed by atoms with Crippen molar-refractivity contribution < 1.29 is 36.6 Å². The van der Waals surface area contributed by atoms with Gasteiger partial charge in [-0.1, -0.05) is 0 Å². The molecule has 106 valence electrons. The first kappa shape index (κ1) is 15.4. The number of aromatic nitrogens is 1. The summed E-state index contributed by atoms with van der Waals surface area (Å²) < 4.78 is 64.5. The number of carboxylic acid groups (broad SMARTS) is 1. The van der Waals surface area contributed by atoms with Gasteiger partial charge in [0.15, 0.2) is 0 Å². The summed E-state index contributed by atoms with van der Waals surface area (Å²) in [7, 11) is 0. The molecule has 4 nitrogen and oxygen atoms in total. The number of hydrogen-bond donors (Lipinski definition) is 1. The zero-order valence-electron chi connectivity index (χ0n) is 8.84. The highest BCUT2D eigenvalue weighted by Crippen LogP contribution is 2.33. The topological polar surface area (TPSA) is 59.4 Å². The fourth-order valence-corrected chi connectivity index (χ4v) is 1.39. The second kappa shape index (κ2) is 5.55. The van der Waals surface area contributed by atoms with E-state index < -0.39 is 47.3 Å². The van der Waals surface area contributed by atoms with Crippen LogP contribution < -0.4 is 4.74 Å². The van der Waals surface area contributed by atoms with E-state index in [-0.39, 0.29) is 0 Å². The van der Waals surface area contributed by atoms with Crippen molar-refractivity contribution in [3.63, 3.8) is 0 Å². The normalized spacial score (nSPS) is 11.7. The molecule has 0 aliphatic carbocycles. The van der Waals surface area contributed by atoms with Crippen molar-refractivity contribution in [3.05, 3.63) is 22.9 Å². The molecule has 0 saturated heterocycles. The van der Waals surface area contributed by atoms with Crippen LogP contribution in [0, 0.1) is 0 Å². The largest absolute Gasteiger partial charge is 0.574 e. The maximum absolute atomic E-state index is 12.6. The Balaban J connectivity index is 3.40. The predicted octanol–water partition coefficient (Wildman–Crippen LogP) is 3.35. The van der Waals surface area contributed by atoms with E-state index in [0.717, 1.165) is 0 Å². The van der Waals surface area contributed by atoms with Gasteiger partial charge in [0.05, 0.1) is 22.7 Å². The first-order chi connectivity index (χ1) is 8.65. The highest BCUT2D eigenvalue weighted by atomic mass is 35.5. The molecule has 1 heterocycles. The molecule has 0 unspecified atom stereocenters. The molecular weight excluding hydrogens is 301 g/mol. The van der Waals surface area contributed by atoms with Crippen molar-refractivity contribution in [2.45, 2.75) is 18.7 Å². The first-order valence-corrected chi connectivity index (χ1v) is 5.06. The van der Waals surface area contributed by atoms with Crippen LogP contribution in [0.5, 0.6) is 5.88 Å². The number of halogens is 6. The predicted molar refractivity (Wildman–Crippen MR) is 52.4 cm³/mol. The molecule has 1 aromatic rings. The lowest BCUT2D eigenvalue weighted by Crippen LogP contribution is -2.20. The van der Waals surface area contributed by atoms with Gasteiger partial charge >= 0.3 is 12.3 Å². The first-order valence-electron chi connectivity index (χ1n) is 4.52. The summed E-state index contributed by atoms with van der Waals surface area (Å²) in [6.45, 7) is 0. The third kappa shape index (κ3) is 3.91. The Morgan fingerprint density at radius 1 is 1.47 bits per heavy atom. The zero-order chi connectivity index (χ0) is 14.8. The molecule has 0 radical (unpaired) electrons. The van der Waals surface area contributed by atoms with Crippen molar-refractivity contribution in [2.24, 2.45) is 0 Å². The zero-order valence-corrected chi connectivity index (χ0v) is 9.60. The second-order valence-electron chi connectivity index (χ2n) is 3.16. The minimum absolute atomic E-state index is 0.360. The van der Waals surface area contributed by atoms with Crippen LogP contribution in [-0.2, 0) is 5.88 Å². The summed E-state index contributed by atoms with van der Waals surface area (Å²) in [4.78, 5) is 13.8. The molecule has 0 aromatic carbocycles. The minimum Gasteiger partial charge on any atom is -0.478 e. The Bertz CT molecular complexity index is 491. The number of nitrogens with zero attached hydrogens (tertiary/aromatic N) is 1. The maximum Gasteiger partial charge on any atom is 0.574 e. The molecule has 0 aliphatic rings. The average Bonchev–Trinajstić information content (AvgIpc) is 2.25. The Kier molecular flexibility index (Phi) is 4.51. The molecule has 1 aromatic heterocycles. The van der Waals surface area contributed by atoms with Crippen LogP contribution in [0.3, 0.4) is 0 Å². The Labute approximate surface area is 107 Å². The van der Waals surface area contributed by atoms with E-state index in [9.17, 15) is 26.7 Å². The average molecular weight is 306 g/mol. The van der Waals surface area contributed by atoms with Crippen molar-refractivity contribution in [1.29, 1.82) is 0 Å². The number of aromatic carboxylic acids is 1. The maximum atomic E-state index is 12.6. The number of alkyl halides is 6. The van der Waals surface area contributed by atoms with E-state index in [1.165, 1.54) is 0 Å². The molecular formula is C9H5ClF5NO3. The molecule has 10 heteroatoms. The quantitative estimate of drug-likeness (QED) is 0.684. The molecule has 0 amide bonds. The summed E-state index contributed by atoms with van der Waals surface area (Å²) in [5.41, 5.74) is -2.48. The van der Waals surface area contributed by atoms with Crippen LogP contribution in [0.2, 0.25) is 0 Å². The van der Waals surface area contributed by atoms with Crippen molar-refractivity contribution in [3.8, 4) is 5.88 Å². The number of carbonyl (C=O) groups is 1. The number of ether oxygens (including phenoxy) is 1. The Hall–Kier alpha value is -1.64. The standard InChI is InChI=1S/C9H5ClF5NO3/c10-2-5-3(8(17)18)1-4(6(11)12)7(16-5)19-9(13,14)15/h1,6H,2H2,(H,17,18). The fraction of sp³-hybridized carbons (Fsp3) is 0.333. The van der Waals surface area contributed by atoms with E-state index in [1.54, 1.807) is 0 Å². The molecule has 1 rings (SSSR count). The smallest absolute Gasteiger partial charge is 0.478 e. The van der Waals surface area contributed by atoms with Gasteiger partial charge in [-0.05, 0) is 6.07 Å². The van der Waals surface area contributed by atoms with Gasteiger partial charge in [0.25, 0.3) is 6.43 Å². The lowest BCUT2D eigenvalue weighted by atomic mass is 10.1. The third-order valence-electron chi connectivity index (χ3n) is 1.90. The van der Waals surface area contributed by atoms with Crippen molar-refractivity contribution >= 4 is 17.6 Å². The van der Waals surface area contributed by atoms with Crippen molar-refractivity contribution in [2.75, 3.05) is 0 Å². The van der Waals surface area contributed by atoms with Crippen LogP contribution in [0.15, 0.2) is 6.07 Å². The number of rotatable bonds is 4. The Morgan fingerprint density at radius 2 is 2.05 bits per heavy atom. The third-order valence-corrected chi connectivity index (χ3v) is 2.15. The van der Waals surface area contributed by atoms with Crippen LogP contribution >= 0.6 is 11.6 Å². The van der Waals surface area contributed by atoms with Gasteiger partial charge in [-0.25, -0.2) is 18.6 Å². The number of pyridine rings is 1. The van der Waals surface area contributed by atoms with E-state index >= 15 is 0 Å². The SMILES string of the molecule is O=C(O)c1cc(C(F)F)c(OC(F)(F)F)nc1CCl. The second-order valence-corrected chi connectivity index (χ2v) is 3.43. The van der Waals surface area contributed by atoms with Gasteiger partial charge in [-0.3, -0.25) is 0 Å². The summed E-state index contributed by atoms with van der Waals surface area (Å²) in [6, 6.07) is 0.360. The lowest BCUT2D eigenvalue weighted by Gasteiger charge is -2.14. The lowest BCUT2D eigenvalue weighted by molar-refractivity contribution is -0.276. The molecule has 0 fully saturated rings. The summed E-state index contributed by atoms with van der Waals surface area (Å²) in [6.07, 6.45) is -8.61. The van der Waals surface area contributed by atoms with E-state index in [2.05, 4.69) is 9.72 Å². The van der Waals surface area contributed by atoms with E-state index in [1.807, 2.05) is 0 Å². The minimum atomic E-state index is -5.23. The number of hydrogen-bond acceptors (Lipinski definition) is 3. The molecule has 0 bridgehead atoms. The van der Waals surface area contributed by atoms with Crippen LogP contribution in [0.1, 0.15) is 28.0 Å². The van der Waals surface area contributed by atoms with Gasteiger partial charge in [-0.2, -0.15) is 0 Å². The van der Waals surface area contributed by atoms with Crippen molar-refractivity contribution in [1.82, 2.24) is 4.98 Å². The molecule has 0 atom stereocenters. The highest BCUT2D eigenvalue weighted by Gasteiger charge is 2.35. The van der Waals surface area contributed by atoms with Gasteiger partial charge in [-0.15, -0.1) is 24.8 Å². The molecule has 0 aliphatic heterocycles. The van der Waals surface area contributed by atoms with Gasteiger partial charge < -0.3 is 9.84 Å². The van der Waals surface area contributed by atoms with Gasteiger partial charge in [0, 0.05) is 0 Å². The molecule has 0 spiro atoms. The van der Waals surface area contributed by atoms with E-state index in [0.29, 0.717) is 6.07 Å². The number of carboxylic acids is 1. The summed E-state index contributed by atoms with van der Waals surface area (Å²) >= 11 is 5.30. The monoisotopic (exact) mass is 305 g/mol. The summed E-state index contributed by atoms with van der Waals surface area (Å²) in [5, 5.41) is 8.72. The van der Waals surface area contributed by atoms with Gasteiger partial charge in [0.2, 0.25) is 5.88 Å². The molecule has 1 N–H and O–H groups in total. The van der Waals surface area contributed by atoms with Crippen LogP contribution in [0.25, 0.3) is 0 Å². The summed E-state index contributed by atoms with van der Waals surface area (Å²) in [5.74, 6) is -3.62. The highest BCUT2D eigenvalue weighted by molar-refractivity contribution is 6.17. The van der Waals surface area contributed by atoms with E-state index in [4.69, 9.17) is 16.7 Å².